The van der Waals surface area contributed by atoms with Crippen molar-refractivity contribution in [3.8, 4) is 11.8 Å². The quantitative estimate of drug-likeness (QED) is 0.330. The molecule has 41 heavy (non-hydrogen) atoms. The highest BCUT2D eigenvalue weighted by Gasteiger charge is 2.43. The maximum absolute atomic E-state index is 14.0. The van der Waals surface area contributed by atoms with E-state index in [0.29, 0.717) is 29.9 Å². The first-order valence-corrected chi connectivity index (χ1v) is 13.1. The van der Waals surface area contributed by atoms with Crippen molar-refractivity contribution in [2.75, 3.05) is 4.90 Å². The van der Waals surface area contributed by atoms with Crippen LogP contribution in [0, 0.1) is 31.0 Å². The smallest absolute Gasteiger partial charge is 0.418 e. The second-order valence-electron chi connectivity index (χ2n) is 10.2. The molecule has 2 N–H and O–H groups in total. The number of alkyl halides is 3. The standard InChI is InChI=1S/C32H27F4N3O2/c1-18-14-20(17-41-22-12-10-21(33)11-13-22)19(2)23(15-18)29-24(16-37)31(38)39(27-8-5-9-28(40)30(27)29)26-7-4-3-6-25(26)32(34,35)36/h3-4,6-7,10-15,29H,5,8-9,17,38H2,1-2H3. The van der Waals surface area contributed by atoms with Crippen molar-refractivity contribution in [3.63, 3.8) is 0 Å². The van der Waals surface area contributed by atoms with Gasteiger partial charge in [-0.15, -0.1) is 0 Å². The van der Waals surface area contributed by atoms with Gasteiger partial charge in [-0.3, -0.25) is 9.69 Å². The third-order valence-electron chi connectivity index (χ3n) is 7.58. The molecule has 1 atom stereocenters. The van der Waals surface area contributed by atoms with E-state index in [9.17, 15) is 27.6 Å². The van der Waals surface area contributed by atoms with Gasteiger partial charge < -0.3 is 10.5 Å². The SMILES string of the molecule is Cc1cc(COc2ccc(F)cc2)c(C)c(C2C(C#N)=C(N)N(c3ccccc3C(F)(F)F)C3=C2C(=O)CCC3)c1. The van der Waals surface area contributed by atoms with Crippen LogP contribution in [0.15, 0.2) is 83.3 Å². The average molecular weight is 562 g/mol. The number of nitriles is 1. The summed E-state index contributed by atoms with van der Waals surface area (Å²) in [5.74, 6) is -1.12. The van der Waals surface area contributed by atoms with Crippen molar-refractivity contribution in [3.05, 3.63) is 117 Å². The number of Topliss-reactive ketones (excluding diaryl/α,β-unsaturated/α-hetero) is 1. The van der Waals surface area contributed by atoms with Gasteiger partial charge >= 0.3 is 6.18 Å². The minimum absolute atomic E-state index is 0.00933. The number of hydrogen-bond acceptors (Lipinski definition) is 5. The van der Waals surface area contributed by atoms with Gasteiger partial charge in [-0.2, -0.15) is 18.4 Å². The summed E-state index contributed by atoms with van der Waals surface area (Å²) in [5, 5.41) is 10.3. The Morgan fingerprint density at radius 2 is 1.78 bits per heavy atom. The van der Waals surface area contributed by atoms with Gasteiger partial charge in [0.05, 0.1) is 28.8 Å². The predicted molar refractivity (Wildman–Crippen MR) is 146 cm³/mol. The van der Waals surface area contributed by atoms with Crippen molar-refractivity contribution in [2.45, 2.75) is 51.8 Å². The summed E-state index contributed by atoms with van der Waals surface area (Å²) in [7, 11) is 0. The molecule has 1 heterocycles. The zero-order valence-electron chi connectivity index (χ0n) is 22.5. The van der Waals surface area contributed by atoms with E-state index in [4.69, 9.17) is 10.5 Å². The molecule has 0 amide bonds. The predicted octanol–water partition coefficient (Wildman–Crippen LogP) is 7.35. The van der Waals surface area contributed by atoms with Crippen LogP contribution in [0.25, 0.3) is 0 Å². The van der Waals surface area contributed by atoms with Crippen LogP contribution in [-0.4, -0.2) is 5.78 Å². The van der Waals surface area contributed by atoms with Crippen LogP contribution in [0.5, 0.6) is 5.75 Å². The number of hydrogen-bond donors (Lipinski definition) is 1. The number of halogens is 4. The van der Waals surface area contributed by atoms with Crippen LogP contribution in [0.1, 0.15) is 53.0 Å². The topological polar surface area (TPSA) is 79.3 Å². The third-order valence-corrected chi connectivity index (χ3v) is 7.58. The van der Waals surface area contributed by atoms with Crippen molar-refractivity contribution >= 4 is 11.5 Å². The van der Waals surface area contributed by atoms with E-state index in [2.05, 4.69) is 6.07 Å². The molecule has 9 heteroatoms. The summed E-state index contributed by atoms with van der Waals surface area (Å²) in [6.45, 7) is 3.86. The van der Waals surface area contributed by atoms with Gasteiger partial charge in [-0.1, -0.05) is 29.8 Å². The second kappa shape index (κ2) is 10.8. The molecule has 1 aliphatic carbocycles. The number of carbonyl (C=O) groups is 1. The van der Waals surface area contributed by atoms with Gasteiger partial charge in [-0.05, 0) is 79.8 Å². The Morgan fingerprint density at radius 3 is 2.46 bits per heavy atom. The molecule has 0 saturated carbocycles. The number of allylic oxidation sites excluding steroid dienone is 3. The highest BCUT2D eigenvalue weighted by molar-refractivity contribution is 6.01. The van der Waals surface area contributed by atoms with E-state index in [0.717, 1.165) is 22.8 Å². The molecular formula is C32H27F4N3O2. The maximum Gasteiger partial charge on any atom is 0.418 e. The number of anilines is 1. The normalized spacial score (nSPS) is 17.4. The number of ketones is 1. The zero-order chi connectivity index (χ0) is 29.5. The van der Waals surface area contributed by atoms with Gasteiger partial charge in [0, 0.05) is 17.7 Å². The molecule has 0 radical (unpaired) electrons. The molecule has 0 spiro atoms. The lowest BCUT2D eigenvalue weighted by Gasteiger charge is -2.41. The summed E-state index contributed by atoms with van der Waals surface area (Å²) in [5.41, 5.74) is 9.15. The van der Waals surface area contributed by atoms with Gasteiger partial charge in [0.2, 0.25) is 0 Å². The first-order valence-electron chi connectivity index (χ1n) is 13.1. The molecule has 3 aromatic rings. The number of benzene rings is 3. The second-order valence-corrected chi connectivity index (χ2v) is 10.2. The lowest BCUT2D eigenvalue weighted by molar-refractivity contribution is -0.137. The van der Waals surface area contributed by atoms with Crippen molar-refractivity contribution in [1.29, 1.82) is 5.26 Å². The minimum atomic E-state index is -4.67. The number of ether oxygens (including phenoxy) is 1. The Morgan fingerprint density at radius 1 is 1.07 bits per heavy atom. The van der Waals surface area contributed by atoms with E-state index >= 15 is 0 Å². The number of nitrogens with two attached hydrogens (primary N) is 1. The summed E-state index contributed by atoms with van der Waals surface area (Å²) in [4.78, 5) is 14.8. The Bertz CT molecular complexity index is 1630. The zero-order valence-corrected chi connectivity index (χ0v) is 22.5. The van der Waals surface area contributed by atoms with Gasteiger partial charge in [0.1, 0.15) is 24.0 Å². The molecule has 0 fully saturated rings. The molecule has 0 aromatic heterocycles. The molecule has 1 unspecified atom stereocenters. The average Bonchev–Trinajstić information content (AvgIpc) is 2.93. The van der Waals surface area contributed by atoms with Crippen molar-refractivity contribution < 1.29 is 27.1 Å². The molecule has 5 nitrogen and oxygen atoms in total. The van der Waals surface area contributed by atoms with E-state index < -0.39 is 17.7 Å². The summed E-state index contributed by atoms with van der Waals surface area (Å²) in [6.07, 6.45) is -3.68. The Hall–Kier alpha value is -4.58. The van der Waals surface area contributed by atoms with E-state index in [1.54, 1.807) is 0 Å². The summed E-state index contributed by atoms with van der Waals surface area (Å²) in [6, 6.07) is 16.6. The molecule has 3 aromatic carbocycles. The fourth-order valence-corrected chi connectivity index (χ4v) is 5.69. The lowest BCUT2D eigenvalue weighted by atomic mass is 9.73. The Balaban J connectivity index is 1.66. The molecule has 0 bridgehead atoms. The molecule has 1 aliphatic heterocycles. The van der Waals surface area contributed by atoms with Crippen LogP contribution in [-0.2, 0) is 17.6 Å². The molecular weight excluding hydrogens is 534 g/mol. The monoisotopic (exact) mass is 561 g/mol. The van der Waals surface area contributed by atoms with Crippen LogP contribution < -0.4 is 15.4 Å². The molecule has 0 saturated heterocycles. The summed E-state index contributed by atoms with van der Waals surface area (Å²) < 4.78 is 61.3. The van der Waals surface area contributed by atoms with Crippen LogP contribution in [0.4, 0.5) is 23.2 Å². The molecule has 210 valence electrons. The number of nitrogens with zero attached hydrogens (tertiary/aromatic N) is 2. The highest BCUT2D eigenvalue weighted by Crippen LogP contribution is 2.49. The Labute approximate surface area is 235 Å². The maximum atomic E-state index is 14.0. The number of aryl methyl sites for hydroxylation is 1. The first kappa shape index (κ1) is 28.0. The number of para-hydroxylation sites is 1. The molecule has 2 aliphatic rings. The fraction of sp³-hybridized carbons (Fsp3) is 0.250. The van der Waals surface area contributed by atoms with Gasteiger partial charge in [0.25, 0.3) is 0 Å². The van der Waals surface area contributed by atoms with Crippen molar-refractivity contribution in [1.82, 2.24) is 0 Å². The first-order chi connectivity index (χ1) is 19.5. The lowest BCUT2D eigenvalue weighted by Crippen LogP contribution is -2.39. The van der Waals surface area contributed by atoms with Gasteiger partial charge in [-0.25, -0.2) is 4.39 Å². The fourth-order valence-electron chi connectivity index (χ4n) is 5.69. The van der Waals surface area contributed by atoms with E-state index in [1.165, 1.54) is 47.4 Å². The van der Waals surface area contributed by atoms with Crippen molar-refractivity contribution in [2.24, 2.45) is 5.73 Å². The largest absolute Gasteiger partial charge is 0.489 e. The van der Waals surface area contributed by atoms with Gasteiger partial charge in [0.15, 0.2) is 5.78 Å². The summed E-state index contributed by atoms with van der Waals surface area (Å²) >= 11 is 0. The van der Waals surface area contributed by atoms with E-state index in [-0.39, 0.29) is 47.3 Å². The Kier molecular flexibility index (Phi) is 7.35. The van der Waals surface area contributed by atoms with Crippen LogP contribution >= 0.6 is 0 Å². The van der Waals surface area contributed by atoms with Crippen LogP contribution in [0.3, 0.4) is 0 Å². The highest BCUT2D eigenvalue weighted by atomic mass is 19.4. The number of carbonyl (C=O) groups excluding carboxylic acids is 1. The third kappa shape index (κ3) is 5.18. The van der Waals surface area contributed by atoms with E-state index in [1.807, 2.05) is 26.0 Å². The molecule has 5 rings (SSSR count). The minimum Gasteiger partial charge on any atom is -0.489 e. The van der Waals surface area contributed by atoms with Crippen LogP contribution in [0.2, 0.25) is 0 Å². The number of rotatable bonds is 5.